The fraction of sp³-hybridized carbons (Fsp3) is 0.893. The van der Waals surface area contributed by atoms with Gasteiger partial charge in [0.25, 0.3) is 0 Å². The summed E-state index contributed by atoms with van der Waals surface area (Å²) in [5.74, 6) is -1.55. The minimum absolute atomic E-state index is 0.329. The van der Waals surface area contributed by atoms with E-state index < -0.39 is 37.0 Å². The van der Waals surface area contributed by atoms with E-state index in [2.05, 4.69) is 17.6 Å². The van der Waals surface area contributed by atoms with Crippen LogP contribution in [-0.4, -0.2) is 60.4 Å². The summed E-state index contributed by atoms with van der Waals surface area (Å²) in [6, 6.07) is -0.806. The van der Waals surface area contributed by atoms with Gasteiger partial charge in [-0.05, 0) is 25.7 Å². The summed E-state index contributed by atoms with van der Waals surface area (Å²) in [7, 11) is 0. The van der Waals surface area contributed by atoms with Gasteiger partial charge in [0.15, 0.2) is 0 Å². The SMILES string of the molecule is CCCCCCCCCCCCCCCCCCOC(=O)[C@@H](CCCCNC(=O)CO)NC(=O)CO. The van der Waals surface area contributed by atoms with Crippen molar-refractivity contribution in [2.45, 2.75) is 135 Å². The van der Waals surface area contributed by atoms with Crippen LogP contribution >= 0.6 is 0 Å². The zero-order valence-corrected chi connectivity index (χ0v) is 22.9. The van der Waals surface area contributed by atoms with Gasteiger partial charge in [-0.3, -0.25) is 9.59 Å². The molecule has 36 heavy (non-hydrogen) atoms. The third-order valence-electron chi connectivity index (χ3n) is 6.39. The van der Waals surface area contributed by atoms with E-state index in [1.165, 1.54) is 83.5 Å². The summed E-state index contributed by atoms with van der Waals surface area (Å²) < 4.78 is 5.34. The number of nitrogens with one attached hydrogen (secondary N) is 2. The number of ether oxygens (including phenoxy) is 1. The van der Waals surface area contributed by atoms with E-state index in [1.54, 1.807) is 0 Å². The summed E-state index contributed by atoms with van der Waals surface area (Å²) in [6.45, 7) is 1.73. The van der Waals surface area contributed by atoms with E-state index in [4.69, 9.17) is 14.9 Å². The molecule has 212 valence electrons. The van der Waals surface area contributed by atoms with Crippen LogP contribution in [0.1, 0.15) is 129 Å². The maximum atomic E-state index is 12.4. The molecule has 0 heterocycles. The number of hydrogen-bond donors (Lipinski definition) is 4. The van der Waals surface area contributed by atoms with Crippen molar-refractivity contribution >= 4 is 17.8 Å². The van der Waals surface area contributed by atoms with Gasteiger partial charge in [-0.1, -0.05) is 103 Å². The maximum absolute atomic E-state index is 12.4. The van der Waals surface area contributed by atoms with Crippen LogP contribution in [0.4, 0.5) is 0 Å². The predicted molar refractivity (Wildman–Crippen MR) is 143 cm³/mol. The van der Waals surface area contributed by atoms with Gasteiger partial charge in [0, 0.05) is 6.54 Å². The maximum Gasteiger partial charge on any atom is 0.328 e. The molecule has 0 unspecified atom stereocenters. The molecule has 0 aliphatic rings. The summed E-state index contributed by atoms with van der Waals surface area (Å²) in [4.78, 5) is 34.9. The van der Waals surface area contributed by atoms with Crippen molar-refractivity contribution in [1.29, 1.82) is 0 Å². The van der Waals surface area contributed by atoms with E-state index in [9.17, 15) is 14.4 Å². The zero-order valence-electron chi connectivity index (χ0n) is 22.9. The van der Waals surface area contributed by atoms with E-state index in [1.807, 2.05) is 0 Å². The van der Waals surface area contributed by atoms with Crippen LogP contribution in [0.25, 0.3) is 0 Å². The van der Waals surface area contributed by atoms with Gasteiger partial charge in [-0.25, -0.2) is 4.79 Å². The van der Waals surface area contributed by atoms with Crippen molar-refractivity contribution < 1.29 is 29.3 Å². The zero-order chi connectivity index (χ0) is 26.7. The van der Waals surface area contributed by atoms with Gasteiger partial charge in [0.2, 0.25) is 11.8 Å². The van der Waals surface area contributed by atoms with Crippen LogP contribution in [-0.2, 0) is 19.1 Å². The quantitative estimate of drug-likeness (QED) is 0.0991. The molecule has 1 atom stereocenters. The molecule has 0 aromatic heterocycles. The molecule has 0 radical (unpaired) electrons. The van der Waals surface area contributed by atoms with Crippen LogP contribution in [0.15, 0.2) is 0 Å². The molecule has 8 nitrogen and oxygen atoms in total. The smallest absolute Gasteiger partial charge is 0.328 e. The fourth-order valence-corrected chi connectivity index (χ4v) is 4.17. The Labute approximate surface area is 219 Å². The van der Waals surface area contributed by atoms with Crippen molar-refractivity contribution in [3.63, 3.8) is 0 Å². The lowest BCUT2D eigenvalue weighted by atomic mass is 10.0. The number of unbranched alkanes of at least 4 members (excludes halogenated alkanes) is 16. The Balaban J connectivity index is 3.70. The highest BCUT2D eigenvalue weighted by molar-refractivity contribution is 5.84. The van der Waals surface area contributed by atoms with Crippen LogP contribution in [0.2, 0.25) is 0 Å². The molecule has 0 bridgehead atoms. The summed E-state index contributed by atoms with van der Waals surface area (Å²) >= 11 is 0. The van der Waals surface area contributed by atoms with Crippen molar-refractivity contribution in [2.24, 2.45) is 0 Å². The molecule has 0 aliphatic carbocycles. The van der Waals surface area contributed by atoms with Crippen LogP contribution in [0.5, 0.6) is 0 Å². The predicted octanol–water partition coefficient (Wildman–Crippen LogP) is 4.55. The highest BCUT2D eigenvalue weighted by Crippen LogP contribution is 2.14. The number of carbonyl (C=O) groups excluding carboxylic acids is 3. The third-order valence-corrected chi connectivity index (χ3v) is 6.39. The second kappa shape index (κ2) is 26.4. The number of carbonyl (C=O) groups is 3. The monoisotopic (exact) mass is 514 g/mol. The number of esters is 1. The lowest BCUT2D eigenvalue weighted by molar-refractivity contribution is -0.148. The molecule has 0 fully saturated rings. The first-order valence-electron chi connectivity index (χ1n) is 14.5. The number of amides is 2. The van der Waals surface area contributed by atoms with Gasteiger partial charge in [-0.2, -0.15) is 0 Å². The molecule has 4 N–H and O–H groups in total. The largest absolute Gasteiger partial charge is 0.464 e. The Morgan fingerprint density at radius 3 is 1.58 bits per heavy atom. The lowest BCUT2D eigenvalue weighted by Gasteiger charge is -2.17. The molecule has 0 aliphatic heterocycles. The Hall–Kier alpha value is -1.67. The first-order valence-corrected chi connectivity index (χ1v) is 14.5. The molecular weight excluding hydrogens is 460 g/mol. The first-order chi connectivity index (χ1) is 17.5. The van der Waals surface area contributed by atoms with Crippen molar-refractivity contribution in [3.8, 4) is 0 Å². The van der Waals surface area contributed by atoms with Gasteiger partial charge < -0.3 is 25.6 Å². The third kappa shape index (κ3) is 22.8. The summed E-state index contributed by atoms with van der Waals surface area (Å²) in [5.41, 5.74) is 0. The number of aliphatic hydroxyl groups excluding tert-OH is 2. The minimum Gasteiger partial charge on any atom is -0.464 e. The first kappa shape index (κ1) is 34.3. The molecule has 2 amide bonds. The van der Waals surface area contributed by atoms with E-state index >= 15 is 0 Å². The molecule has 8 heteroatoms. The summed E-state index contributed by atoms with van der Waals surface area (Å²) in [6.07, 6.45) is 22.1. The van der Waals surface area contributed by atoms with Gasteiger partial charge in [-0.15, -0.1) is 0 Å². The Morgan fingerprint density at radius 1 is 0.639 bits per heavy atom. The highest BCUT2D eigenvalue weighted by atomic mass is 16.5. The Bertz CT molecular complexity index is 544. The van der Waals surface area contributed by atoms with Crippen molar-refractivity contribution in [2.75, 3.05) is 26.4 Å². The summed E-state index contributed by atoms with van der Waals surface area (Å²) in [5, 5.41) is 22.7. The second-order valence-corrected chi connectivity index (χ2v) is 9.75. The molecule has 0 aromatic rings. The van der Waals surface area contributed by atoms with Crippen molar-refractivity contribution in [3.05, 3.63) is 0 Å². The van der Waals surface area contributed by atoms with E-state index in [-0.39, 0.29) is 0 Å². The van der Waals surface area contributed by atoms with Gasteiger partial charge in [0.05, 0.1) is 6.61 Å². The standard InChI is InChI=1S/C28H54N2O6/c1-2-3-4-5-6-7-8-9-10-11-12-13-14-15-16-19-22-36-28(35)25(30-27(34)24-32)20-17-18-21-29-26(33)23-31/h25,31-32H,2-24H2,1H3,(H,29,33)(H,30,34)/t25-/m1/s1. The Morgan fingerprint density at radius 2 is 1.11 bits per heavy atom. The molecule has 0 aromatic carbocycles. The number of rotatable bonds is 26. The fourth-order valence-electron chi connectivity index (χ4n) is 4.17. The van der Waals surface area contributed by atoms with E-state index in [0.717, 1.165) is 19.3 Å². The molecule has 0 saturated heterocycles. The average Bonchev–Trinajstić information content (AvgIpc) is 2.88. The lowest BCUT2D eigenvalue weighted by Crippen LogP contribution is -2.43. The van der Waals surface area contributed by atoms with E-state index in [0.29, 0.717) is 32.4 Å². The average molecular weight is 515 g/mol. The Kier molecular flexibility index (Phi) is 25.2. The normalized spacial score (nSPS) is 11.8. The molecule has 0 saturated carbocycles. The second-order valence-electron chi connectivity index (χ2n) is 9.75. The highest BCUT2D eigenvalue weighted by Gasteiger charge is 2.21. The molecular formula is C28H54N2O6. The molecule has 0 rings (SSSR count). The number of aliphatic hydroxyl groups is 2. The number of hydrogen-bond acceptors (Lipinski definition) is 6. The van der Waals surface area contributed by atoms with Crippen LogP contribution in [0, 0.1) is 0 Å². The molecule has 0 spiro atoms. The van der Waals surface area contributed by atoms with Crippen LogP contribution < -0.4 is 10.6 Å². The van der Waals surface area contributed by atoms with Crippen molar-refractivity contribution in [1.82, 2.24) is 10.6 Å². The van der Waals surface area contributed by atoms with Gasteiger partial charge in [0.1, 0.15) is 19.3 Å². The topological polar surface area (TPSA) is 125 Å². The van der Waals surface area contributed by atoms with Gasteiger partial charge >= 0.3 is 5.97 Å². The minimum atomic E-state index is -0.806. The van der Waals surface area contributed by atoms with Crippen LogP contribution in [0.3, 0.4) is 0 Å².